The number of alkyl halides is 3. The van der Waals surface area contributed by atoms with Crippen molar-refractivity contribution in [3.8, 4) is 0 Å². The Hall–Kier alpha value is -2.59. The first-order valence-electron chi connectivity index (χ1n) is 11.0. The minimum absolute atomic E-state index is 0.0109. The maximum absolute atomic E-state index is 13.3. The number of likely N-dealkylation sites (tertiary alicyclic amines) is 1. The van der Waals surface area contributed by atoms with E-state index in [9.17, 15) is 23.1 Å². The predicted octanol–water partition coefficient (Wildman–Crippen LogP) is 5.58. The summed E-state index contributed by atoms with van der Waals surface area (Å²) in [6, 6.07) is 4.15. The highest BCUT2D eigenvalue weighted by Gasteiger charge is 2.38. The molecule has 1 fully saturated rings. The van der Waals surface area contributed by atoms with Crippen LogP contribution in [0.5, 0.6) is 0 Å². The van der Waals surface area contributed by atoms with Crippen LogP contribution in [0.2, 0.25) is 5.02 Å². The van der Waals surface area contributed by atoms with Crippen LogP contribution in [0.4, 0.5) is 18.0 Å². The van der Waals surface area contributed by atoms with Crippen molar-refractivity contribution < 1.29 is 27.8 Å². The van der Waals surface area contributed by atoms with Gasteiger partial charge in [0, 0.05) is 16.5 Å². The van der Waals surface area contributed by atoms with E-state index in [4.69, 9.17) is 16.3 Å². The summed E-state index contributed by atoms with van der Waals surface area (Å²) in [6.07, 6.45) is -4.07. The average Bonchev–Trinajstić information content (AvgIpc) is 2.94. The van der Waals surface area contributed by atoms with Gasteiger partial charge in [-0.1, -0.05) is 11.6 Å². The fourth-order valence-corrected chi connectivity index (χ4v) is 4.59. The normalized spacial score (nSPS) is 22.3. The largest absolute Gasteiger partial charge is 0.451 e. The van der Waals surface area contributed by atoms with Crippen LogP contribution in [0.3, 0.4) is 0 Å². The van der Waals surface area contributed by atoms with Gasteiger partial charge in [0.05, 0.1) is 35.9 Å². The molecular weight excluding hydrogens is 473 g/mol. The Balaban J connectivity index is 1.80. The van der Waals surface area contributed by atoms with Crippen LogP contribution < -0.4 is 0 Å². The number of ether oxygens (including phenoxy) is 1. The number of nitrogens with zero attached hydrogens (tertiary/aromatic N) is 4. The number of carbonyl (C=O) groups excluding carboxylic acids is 1. The highest BCUT2D eigenvalue weighted by Crippen LogP contribution is 2.38. The van der Waals surface area contributed by atoms with Gasteiger partial charge >= 0.3 is 12.3 Å². The molecule has 1 unspecified atom stereocenters. The van der Waals surface area contributed by atoms with E-state index in [0.29, 0.717) is 34.3 Å². The van der Waals surface area contributed by atoms with E-state index in [0.717, 1.165) is 6.20 Å². The molecule has 0 spiro atoms. The van der Waals surface area contributed by atoms with Crippen molar-refractivity contribution in [2.75, 3.05) is 6.54 Å². The zero-order valence-electron chi connectivity index (χ0n) is 19.2. The number of aliphatic hydroxyl groups excluding tert-OH is 1. The van der Waals surface area contributed by atoms with Gasteiger partial charge in [-0.15, -0.1) is 0 Å². The molecule has 4 rings (SSSR count). The van der Waals surface area contributed by atoms with Crippen molar-refractivity contribution in [2.24, 2.45) is 0 Å². The van der Waals surface area contributed by atoms with Crippen molar-refractivity contribution in [3.05, 3.63) is 35.2 Å². The molecular formula is C23H26ClF3N4O3. The van der Waals surface area contributed by atoms with Crippen LogP contribution in [-0.2, 0) is 10.9 Å². The van der Waals surface area contributed by atoms with Gasteiger partial charge in [-0.3, -0.25) is 0 Å². The quantitative estimate of drug-likeness (QED) is 0.474. The Kier molecular flexibility index (Phi) is 6.18. The maximum atomic E-state index is 13.3. The number of halogens is 4. The second-order valence-electron chi connectivity index (χ2n) is 9.65. The van der Waals surface area contributed by atoms with Gasteiger partial charge in [-0.25, -0.2) is 14.8 Å². The number of β-amino-alcohol motifs (C(OH)–C–C–N with tert-alkyl or cyclic N) is 1. The number of rotatable bonds is 1. The summed E-state index contributed by atoms with van der Waals surface area (Å²) in [5, 5.41) is 12.0. The minimum Gasteiger partial charge on any atom is -0.444 e. The molecule has 0 radical (unpaired) electrons. The number of hydrogen-bond donors (Lipinski definition) is 1. The Labute approximate surface area is 199 Å². The second kappa shape index (κ2) is 8.57. The third-order valence-electron chi connectivity index (χ3n) is 5.96. The highest BCUT2D eigenvalue weighted by atomic mass is 35.5. The number of fused-ring (bicyclic) bond motifs is 3. The number of aromatic nitrogens is 3. The number of benzene rings is 1. The van der Waals surface area contributed by atoms with E-state index in [1.54, 1.807) is 43.5 Å². The van der Waals surface area contributed by atoms with Crippen LogP contribution in [-0.4, -0.2) is 54.9 Å². The third-order valence-corrected chi connectivity index (χ3v) is 6.19. The molecule has 184 valence electrons. The highest BCUT2D eigenvalue weighted by molar-refractivity contribution is 6.31. The van der Waals surface area contributed by atoms with E-state index in [-0.39, 0.29) is 18.1 Å². The molecule has 11 heteroatoms. The molecule has 0 bridgehead atoms. The molecule has 7 nitrogen and oxygen atoms in total. The smallest absolute Gasteiger partial charge is 0.444 e. The number of amides is 1. The van der Waals surface area contributed by atoms with Gasteiger partial charge in [0.25, 0.3) is 0 Å². The molecule has 34 heavy (non-hydrogen) atoms. The van der Waals surface area contributed by atoms with Crippen LogP contribution in [0.25, 0.3) is 21.9 Å². The monoisotopic (exact) mass is 498 g/mol. The molecule has 0 saturated carbocycles. The Morgan fingerprint density at radius 1 is 1.21 bits per heavy atom. The summed E-state index contributed by atoms with van der Waals surface area (Å²) >= 11 is 6.14. The molecule has 1 amide bonds. The first-order valence-corrected chi connectivity index (χ1v) is 11.3. The first-order chi connectivity index (χ1) is 15.8. The number of hydrogen-bond acceptors (Lipinski definition) is 5. The summed E-state index contributed by atoms with van der Waals surface area (Å²) in [5.41, 5.74) is 0.351. The lowest BCUT2D eigenvalue weighted by atomic mass is 10.0. The average molecular weight is 499 g/mol. The van der Waals surface area contributed by atoms with E-state index < -0.39 is 35.8 Å². The van der Waals surface area contributed by atoms with Crippen LogP contribution in [0.15, 0.2) is 24.4 Å². The van der Waals surface area contributed by atoms with Gasteiger partial charge < -0.3 is 19.3 Å². The molecule has 3 atom stereocenters. The molecule has 1 N–H and O–H groups in total. The van der Waals surface area contributed by atoms with Crippen molar-refractivity contribution >= 4 is 39.6 Å². The fourth-order valence-electron chi connectivity index (χ4n) is 4.42. The van der Waals surface area contributed by atoms with Gasteiger partial charge in [0.2, 0.25) is 5.82 Å². The molecule has 3 aromatic rings. The molecule has 0 aliphatic carbocycles. The molecule has 1 aliphatic rings. The summed E-state index contributed by atoms with van der Waals surface area (Å²) in [4.78, 5) is 21.6. The topological polar surface area (TPSA) is 80.5 Å². The van der Waals surface area contributed by atoms with Crippen molar-refractivity contribution in [3.63, 3.8) is 0 Å². The van der Waals surface area contributed by atoms with Gasteiger partial charge in [0.15, 0.2) is 0 Å². The lowest BCUT2D eigenvalue weighted by molar-refractivity contribution is -0.144. The van der Waals surface area contributed by atoms with E-state index in [1.165, 1.54) is 4.90 Å². The lowest BCUT2D eigenvalue weighted by Crippen LogP contribution is -2.45. The fraction of sp³-hybridized carbons (Fsp3) is 0.522. The molecule has 2 aromatic heterocycles. The second-order valence-corrected chi connectivity index (χ2v) is 10.1. The zero-order valence-corrected chi connectivity index (χ0v) is 20.0. The third kappa shape index (κ3) is 4.65. The summed E-state index contributed by atoms with van der Waals surface area (Å²) in [6.45, 7) is 7.20. The van der Waals surface area contributed by atoms with Gasteiger partial charge in [-0.05, 0) is 58.7 Å². The van der Waals surface area contributed by atoms with Crippen LogP contribution in [0.1, 0.15) is 52.4 Å². The predicted molar refractivity (Wildman–Crippen MR) is 122 cm³/mol. The Morgan fingerprint density at radius 3 is 2.56 bits per heavy atom. The minimum atomic E-state index is -4.70. The molecule has 1 aliphatic heterocycles. The van der Waals surface area contributed by atoms with Gasteiger partial charge in [0.1, 0.15) is 11.1 Å². The Morgan fingerprint density at radius 2 is 1.91 bits per heavy atom. The van der Waals surface area contributed by atoms with E-state index in [1.807, 2.05) is 6.92 Å². The standard InChI is InChI=1S/C23H26ClF3N4O3/c1-12-5-7-16(18(32)11-30(12)21(33)34-22(2,3)4)31-15-8-6-13(24)9-14(15)19-17(31)10-28-20(29-19)23(25,26)27/h6,8-10,12,16,18,32H,5,7,11H2,1-4H3/t12?,16-,18-/m1/s1. The first kappa shape index (κ1) is 24.5. The van der Waals surface area contributed by atoms with Crippen LogP contribution >= 0.6 is 11.6 Å². The van der Waals surface area contributed by atoms with Crippen molar-refractivity contribution in [2.45, 2.75) is 70.5 Å². The maximum Gasteiger partial charge on any atom is 0.451 e. The molecule has 3 heterocycles. The number of carbonyl (C=O) groups is 1. The zero-order chi connectivity index (χ0) is 25.0. The SMILES string of the molecule is CC1CC[C@@H](n2c3ccc(Cl)cc3c3nc(C(F)(F)F)ncc32)[C@H](O)CN1C(=O)OC(C)(C)C. The lowest BCUT2D eigenvalue weighted by Gasteiger charge is -2.31. The van der Waals surface area contributed by atoms with Crippen LogP contribution in [0, 0.1) is 0 Å². The van der Waals surface area contributed by atoms with Crippen molar-refractivity contribution in [1.82, 2.24) is 19.4 Å². The summed E-state index contributed by atoms with van der Waals surface area (Å²) in [7, 11) is 0. The van der Waals surface area contributed by atoms with Gasteiger partial charge in [-0.2, -0.15) is 13.2 Å². The molecule has 1 aromatic carbocycles. The van der Waals surface area contributed by atoms with E-state index >= 15 is 0 Å². The van der Waals surface area contributed by atoms with E-state index in [2.05, 4.69) is 9.97 Å². The Bertz CT molecular complexity index is 1240. The summed E-state index contributed by atoms with van der Waals surface area (Å²) in [5.74, 6) is -1.25. The number of aliphatic hydroxyl groups is 1. The molecule has 1 saturated heterocycles. The summed E-state index contributed by atoms with van der Waals surface area (Å²) < 4.78 is 47.2. The van der Waals surface area contributed by atoms with Crippen molar-refractivity contribution in [1.29, 1.82) is 0 Å².